The minimum absolute atomic E-state index is 0.0515. The molecule has 0 aromatic heterocycles. The molecule has 0 radical (unpaired) electrons. The summed E-state index contributed by atoms with van der Waals surface area (Å²) in [6.45, 7) is 5.18. The van der Waals surface area contributed by atoms with Crippen LogP contribution in [0.5, 0.6) is 0 Å². The van der Waals surface area contributed by atoms with Crippen LogP contribution >= 0.6 is 0 Å². The molecule has 5 heteroatoms. The second kappa shape index (κ2) is 7.36. The number of aliphatic carboxylic acids is 1. The maximum Gasteiger partial charge on any atom is 0.308 e. The predicted octanol–water partition coefficient (Wildman–Crippen LogP) is 0.992. The van der Waals surface area contributed by atoms with Gasteiger partial charge in [0, 0.05) is 19.0 Å². The van der Waals surface area contributed by atoms with E-state index in [-0.39, 0.29) is 18.5 Å². The molecule has 0 aromatic rings. The quantitative estimate of drug-likeness (QED) is 0.635. The summed E-state index contributed by atoms with van der Waals surface area (Å²) in [5.41, 5.74) is 0. The molecule has 1 saturated heterocycles. The Morgan fingerprint density at radius 2 is 2.17 bits per heavy atom. The molecule has 0 saturated carbocycles. The zero-order valence-electron chi connectivity index (χ0n) is 11.2. The summed E-state index contributed by atoms with van der Waals surface area (Å²) in [4.78, 5) is 22.7. The van der Waals surface area contributed by atoms with Gasteiger partial charge in [-0.3, -0.25) is 9.59 Å². The van der Waals surface area contributed by atoms with Crippen LogP contribution in [-0.2, 0) is 9.59 Å². The van der Waals surface area contributed by atoms with Crippen LogP contribution in [0, 0.1) is 11.8 Å². The van der Waals surface area contributed by atoms with Crippen LogP contribution in [0.3, 0.4) is 0 Å². The van der Waals surface area contributed by atoms with E-state index in [9.17, 15) is 9.59 Å². The predicted molar refractivity (Wildman–Crippen MR) is 69.2 cm³/mol. The van der Waals surface area contributed by atoms with E-state index in [0.717, 1.165) is 19.4 Å². The van der Waals surface area contributed by atoms with Crippen molar-refractivity contribution in [1.82, 2.24) is 10.6 Å². The fourth-order valence-electron chi connectivity index (χ4n) is 2.30. The molecular formula is C13H24N2O3. The second-order valence-electron chi connectivity index (χ2n) is 5.47. The summed E-state index contributed by atoms with van der Waals surface area (Å²) >= 11 is 0. The Labute approximate surface area is 108 Å². The van der Waals surface area contributed by atoms with Gasteiger partial charge in [-0.1, -0.05) is 13.8 Å². The number of hydrogen-bond donors (Lipinski definition) is 3. The SMILES string of the molecule is CC(C)CC(CNC(=O)CC1CCCN1)C(=O)O. The van der Waals surface area contributed by atoms with E-state index >= 15 is 0 Å². The number of carbonyl (C=O) groups is 2. The van der Waals surface area contributed by atoms with Crippen molar-refractivity contribution >= 4 is 11.9 Å². The Balaban J connectivity index is 2.27. The Morgan fingerprint density at radius 1 is 1.44 bits per heavy atom. The van der Waals surface area contributed by atoms with E-state index in [1.807, 2.05) is 13.8 Å². The number of rotatable bonds is 7. The van der Waals surface area contributed by atoms with Crippen LogP contribution in [0.4, 0.5) is 0 Å². The van der Waals surface area contributed by atoms with Gasteiger partial charge in [0.2, 0.25) is 5.91 Å². The van der Waals surface area contributed by atoms with Crippen molar-refractivity contribution in [1.29, 1.82) is 0 Å². The van der Waals surface area contributed by atoms with Gasteiger partial charge >= 0.3 is 5.97 Å². The number of carbonyl (C=O) groups excluding carboxylic acids is 1. The third-order valence-electron chi connectivity index (χ3n) is 3.24. The number of nitrogens with one attached hydrogen (secondary N) is 2. The molecule has 0 spiro atoms. The van der Waals surface area contributed by atoms with E-state index in [0.29, 0.717) is 18.8 Å². The largest absolute Gasteiger partial charge is 0.481 e. The van der Waals surface area contributed by atoms with Gasteiger partial charge in [0.05, 0.1) is 5.92 Å². The van der Waals surface area contributed by atoms with Crippen molar-refractivity contribution in [2.24, 2.45) is 11.8 Å². The highest BCUT2D eigenvalue weighted by Crippen LogP contribution is 2.12. The van der Waals surface area contributed by atoms with Gasteiger partial charge in [0.1, 0.15) is 0 Å². The third kappa shape index (κ3) is 5.49. The average molecular weight is 256 g/mol. The van der Waals surface area contributed by atoms with E-state index in [1.165, 1.54) is 0 Å². The maximum absolute atomic E-state index is 11.7. The molecule has 2 atom stereocenters. The Bertz CT molecular complexity index is 286. The first kappa shape index (κ1) is 15.0. The van der Waals surface area contributed by atoms with Crippen LogP contribution in [0.25, 0.3) is 0 Å². The van der Waals surface area contributed by atoms with Gasteiger partial charge in [-0.15, -0.1) is 0 Å². The van der Waals surface area contributed by atoms with E-state index in [1.54, 1.807) is 0 Å². The second-order valence-corrected chi connectivity index (χ2v) is 5.47. The zero-order chi connectivity index (χ0) is 13.5. The lowest BCUT2D eigenvalue weighted by Gasteiger charge is -2.16. The highest BCUT2D eigenvalue weighted by Gasteiger charge is 2.21. The topological polar surface area (TPSA) is 78.4 Å². The number of amides is 1. The van der Waals surface area contributed by atoms with Gasteiger partial charge < -0.3 is 15.7 Å². The van der Waals surface area contributed by atoms with Gasteiger partial charge in [-0.05, 0) is 31.7 Å². The molecule has 1 amide bonds. The third-order valence-corrected chi connectivity index (χ3v) is 3.24. The van der Waals surface area contributed by atoms with E-state index in [4.69, 9.17) is 5.11 Å². The van der Waals surface area contributed by atoms with Gasteiger partial charge in [0.25, 0.3) is 0 Å². The first-order chi connectivity index (χ1) is 8.49. The normalized spacial score (nSPS) is 20.9. The fourth-order valence-corrected chi connectivity index (χ4v) is 2.30. The molecule has 5 nitrogen and oxygen atoms in total. The molecule has 1 aliphatic heterocycles. The van der Waals surface area contributed by atoms with Gasteiger partial charge in [-0.25, -0.2) is 0 Å². The zero-order valence-corrected chi connectivity index (χ0v) is 11.2. The lowest BCUT2D eigenvalue weighted by Crippen LogP contribution is -2.36. The minimum Gasteiger partial charge on any atom is -0.481 e. The number of hydrogen-bond acceptors (Lipinski definition) is 3. The van der Waals surface area contributed by atoms with Crippen LogP contribution in [-0.4, -0.2) is 36.1 Å². The molecule has 0 bridgehead atoms. The van der Waals surface area contributed by atoms with Crippen molar-refractivity contribution in [3.05, 3.63) is 0 Å². The molecule has 1 fully saturated rings. The van der Waals surface area contributed by atoms with E-state index in [2.05, 4.69) is 10.6 Å². The summed E-state index contributed by atoms with van der Waals surface area (Å²) in [7, 11) is 0. The van der Waals surface area contributed by atoms with Crippen LogP contribution in [0.15, 0.2) is 0 Å². The van der Waals surface area contributed by atoms with Crippen molar-refractivity contribution in [2.75, 3.05) is 13.1 Å². The molecule has 104 valence electrons. The highest BCUT2D eigenvalue weighted by atomic mass is 16.4. The van der Waals surface area contributed by atoms with Crippen LogP contribution in [0.1, 0.15) is 39.5 Å². The summed E-state index contributed by atoms with van der Waals surface area (Å²) in [5, 5.41) is 15.0. The summed E-state index contributed by atoms with van der Waals surface area (Å²) < 4.78 is 0. The first-order valence-corrected chi connectivity index (χ1v) is 6.72. The Morgan fingerprint density at radius 3 is 2.67 bits per heavy atom. The molecule has 1 aliphatic rings. The van der Waals surface area contributed by atoms with Crippen molar-refractivity contribution in [2.45, 2.75) is 45.6 Å². The molecule has 18 heavy (non-hydrogen) atoms. The molecule has 1 heterocycles. The monoisotopic (exact) mass is 256 g/mol. The van der Waals surface area contributed by atoms with Crippen molar-refractivity contribution < 1.29 is 14.7 Å². The van der Waals surface area contributed by atoms with E-state index < -0.39 is 11.9 Å². The maximum atomic E-state index is 11.7. The standard InChI is InChI=1S/C13H24N2O3/c1-9(2)6-10(13(17)18)8-15-12(16)7-11-4-3-5-14-11/h9-11,14H,3-8H2,1-2H3,(H,15,16)(H,17,18). The smallest absolute Gasteiger partial charge is 0.308 e. The van der Waals surface area contributed by atoms with Crippen molar-refractivity contribution in [3.63, 3.8) is 0 Å². The summed E-state index contributed by atoms with van der Waals surface area (Å²) in [6.07, 6.45) is 3.19. The van der Waals surface area contributed by atoms with Gasteiger partial charge in [-0.2, -0.15) is 0 Å². The Kier molecular flexibility index (Phi) is 6.12. The first-order valence-electron chi connectivity index (χ1n) is 6.72. The summed E-state index contributed by atoms with van der Waals surface area (Å²) in [6, 6.07) is 0.262. The lowest BCUT2D eigenvalue weighted by molar-refractivity contribution is -0.142. The molecular weight excluding hydrogens is 232 g/mol. The van der Waals surface area contributed by atoms with Gasteiger partial charge in [0.15, 0.2) is 0 Å². The molecule has 0 aromatic carbocycles. The average Bonchev–Trinajstić information content (AvgIpc) is 2.76. The summed E-state index contributed by atoms with van der Waals surface area (Å²) in [5.74, 6) is -1.04. The highest BCUT2D eigenvalue weighted by molar-refractivity contribution is 5.77. The minimum atomic E-state index is -0.831. The molecule has 2 unspecified atom stereocenters. The number of carboxylic acids is 1. The molecule has 0 aliphatic carbocycles. The Hall–Kier alpha value is -1.10. The number of carboxylic acid groups (broad SMARTS) is 1. The fraction of sp³-hybridized carbons (Fsp3) is 0.846. The lowest BCUT2D eigenvalue weighted by atomic mass is 9.97. The van der Waals surface area contributed by atoms with Crippen LogP contribution < -0.4 is 10.6 Å². The molecule has 1 rings (SSSR count). The van der Waals surface area contributed by atoms with Crippen LogP contribution in [0.2, 0.25) is 0 Å². The van der Waals surface area contributed by atoms with Crippen molar-refractivity contribution in [3.8, 4) is 0 Å². The molecule has 3 N–H and O–H groups in total.